The highest BCUT2D eigenvalue weighted by molar-refractivity contribution is 6.58. The van der Waals surface area contributed by atoms with Gasteiger partial charge in [-0.1, -0.05) is 78.0 Å². The Hall–Kier alpha value is -0.863. The van der Waals surface area contributed by atoms with E-state index < -0.39 is 9.04 Å². The quantitative estimate of drug-likeness (QED) is 0.309. The number of allylic oxidation sites excluding steroid dienone is 1. The first kappa shape index (κ1) is 19.2. The lowest BCUT2D eigenvalue weighted by Gasteiger charge is -2.40. The summed E-state index contributed by atoms with van der Waals surface area (Å²) in [5.41, 5.74) is 1.31. The molecular weight excluding hydrogens is 284 g/mol. The maximum Gasteiger partial charge on any atom is 0.223 e. The van der Waals surface area contributed by atoms with E-state index in [4.69, 9.17) is 4.43 Å². The molecule has 0 heterocycles. The minimum Gasteiger partial charge on any atom is -0.409 e. The van der Waals surface area contributed by atoms with Crippen LogP contribution in [0.25, 0.3) is 0 Å². The van der Waals surface area contributed by atoms with Crippen molar-refractivity contribution in [3.05, 3.63) is 48.6 Å². The third kappa shape index (κ3) is 6.10. The van der Waals surface area contributed by atoms with Crippen LogP contribution >= 0.6 is 0 Å². The van der Waals surface area contributed by atoms with Gasteiger partial charge in [-0.05, 0) is 34.9 Å². The SMILES string of the molecule is C=CCCCC(O[Si](C(C)(C)C)C(C)(C)C)c1ccccc1. The van der Waals surface area contributed by atoms with Crippen molar-refractivity contribution in [3.8, 4) is 0 Å². The average molecular weight is 318 g/mol. The highest BCUT2D eigenvalue weighted by Gasteiger charge is 2.41. The van der Waals surface area contributed by atoms with Crippen molar-refractivity contribution in [1.82, 2.24) is 0 Å². The zero-order valence-corrected chi connectivity index (χ0v) is 16.3. The first-order valence-corrected chi connectivity index (χ1v) is 9.77. The van der Waals surface area contributed by atoms with Gasteiger partial charge in [0.15, 0.2) is 0 Å². The number of unbranched alkanes of at least 4 members (excludes halogenated alkanes) is 1. The van der Waals surface area contributed by atoms with Crippen molar-refractivity contribution < 1.29 is 4.43 Å². The second kappa shape index (κ2) is 8.12. The second-order valence-electron chi connectivity index (χ2n) is 8.07. The lowest BCUT2D eigenvalue weighted by Crippen LogP contribution is -2.39. The minimum atomic E-state index is -0.984. The van der Waals surface area contributed by atoms with Gasteiger partial charge < -0.3 is 4.43 Å². The molecule has 1 unspecified atom stereocenters. The molecule has 0 saturated carbocycles. The van der Waals surface area contributed by atoms with Crippen molar-refractivity contribution in [2.24, 2.45) is 0 Å². The summed E-state index contributed by atoms with van der Waals surface area (Å²) >= 11 is 0. The molecule has 0 aliphatic heterocycles. The Morgan fingerprint density at radius 3 is 2.05 bits per heavy atom. The van der Waals surface area contributed by atoms with E-state index in [2.05, 4.69) is 78.5 Å². The Morgan fingerprint density at radius 1 is 1.05 bits per heavy atom. The molecule has 2 heteroatoms. The van der Waals surface area contributed by atoms with Gasteiger partial charge in [-0.25, -0.2) is 0 Å². The molecule has 0 aliphatic carbocycles. The maximum atomic E-state index is 6.78. The lowest BCUT2D eigenvalue weighted by atomic mass is 10.0. The predicted octanol–water partition coefficient (Wildman–Crippen LogP) is 6.69. The molecule has 1 atom stereocenters. The molecule has 1 radical (unpaired) electrons. The Bertz CT molecular complexity index is 425. The Kier molecular flexibility index (Phi) is 7.08. The molecule has 0 spiro atoms. The molecule has 22 heavy (non-hydrogen) atoms. The van der Waals surface area contributed by atoms with E-state index in [0.29, 0.717) is 0 Å². The van der Waals surface area contributed by atoms with Crippen LogP contribution in [0.1, 0.15) is 72.5 Å². The fourth-order valence-corrected chi connectivity index (χ4v) is 6.53. The van der Waals surface area contributed by atoms with Crippen LogP contribution in [0.4, 0.5) is 0 Å². The average Bonchev–Trinajstić information content (AvgIpc) is 2.41. The largest absolute Gasteiger partial charge is 0.409 e. The van der Waals surface area contributed by atoms with Crippen LogP contribution in [0, 0.1) is 0 Å². The minimum absolute atomic E-state index is 0.202. The van der Waals surface area contributed by atoms with Gasteiger partial charge >= 0.3 is 0 Å². The fraction of sp³-hybridized carbons (Fsp3) is 0.600. The third-order valence-corrected chi connectivity index (χ3v) is 6.91. The second-order valence-corrected chi connectivity index (χ2v) is 12.0. The highest BCUT2D eigenvalue weighted by Crippen LogP contribution is 2.45. The van der Waals surface area contributed by atoms with E-state index in [9.17, 15) is 0 Å². The Labute approximate surface area is 139 Å². The standard InChI is InChI=1S/C20H33OSi/c1-8-9-11-16-18(17-14-12-10-13-15-17)21-22(19(2,3)4)20(5,6)7/h8,10,12-15,18H,1,9,11,16H2,2-7H3. The van der Waals surface area contributed by atoms with Gasteiger partial charge in [0.2, 0.25) is 9.04 Å². The smallest absolute Gasteiger partial charge is 0.223 e. The van der Waals surface area contributed by atoms with Crippen LogP contribution < -0.4 is 0 Å². The third-order valence-electron chi connectivity index (χ3n) is 3.67. The summed E-state index contributed by atoms with van der Waals surface area (Å²) in [4.78, 5) is 0. The van der Waals surface area contributed by atoms with Crippen LogP contribution in [0.15, 0.2) is 43.0 Å². The van der Waals surface area contributed by atoms with E-state index in [1.54, 1.807) is 0 Å². The van der Waals surface area contributed by atoms with Gasteiger partial charge in [-0.2, -0.15) is 0 Å². The molecule has 1 aromatic carbocycles. The molecule has 0 fully saturated rings. The van der Waals surface area contributed by atoms with Crippen LogP contribution in [-0.2, 0) is 4.43 Å². The van der Waals surface area contributed by atoms with Gasteiger partial charge in [0.05, 0.1) is 6.10 Å². The molecule has 0 N–H and O–H groups in total. The molecule has 0 aliphatic rings. The van der Waals surface area contributed by atoms with Crippen molar-refractivity contribution in [3.63, 3.8) is 0 Å². The first-order chi connectivity index (χ1) is 10.2. The lowest BCUT2D eigenvalue weighted by molar-refractivity contribution is 0.170. The van der Waals surface area contributed by atoms with Gasteiger partial charge in [0, 0.05) is 0 Å². The number of rotatable bonds is 7. The number of benzene rings is 1. The summed E-state index contributed by atoms with van der Waals surface area (Å²) in [5.74, 6) is 0. The van der Waals surface area contributed by atoms with E-state index in [-0.39, 0.29) is 16.2 Å². The van der Waals surface area contributed by atoms with Crippen molar-refractivity contribution in [1.29, 1.82) is 0 Å². The summed E-state index contributed by atoms with van der Waals surface area (Å²) in [7, 11) is -0.984. The zero-order valence-electron chi connectivity index (χ0n) is 15.3. The summed E-state index contributed by atoms with van der Waals surface area (Å²) in [6.45, 7) is 17.7. The van der Waals surface area contributed by atoms with E-state index in [1.807, 2.05) is 6.08 Å². The van der Waals surface area contributed by atoms with Gasteiger partial charge in [-0.3, -0.25) is 0 Å². The molecule has 123 valence electrons. The monoisotopic (exact) mass is 317 g/mol. The van der Waals surface area contributed by atoms with Crippen LogP contribution in [0.2, 0.25) is 10.1 Å². The Balaban J connectivity index is 2.97. The van der Waals surface area contributed by atoms with Gasteiger partial charge in [0.25, 0.3) is 0 Å². The molecule has 1 aromatic rings. The van der Waals surface area contributed by atoms with Gasteiger partial charge in [-0.15, -0.1) is 6.58 Å². The van der Waals surface area contributed by atoms with E-state index in [0.717, 1.165) is 19.3 Å². The molecule has 0 saturated heterocycles. The molecule has 0 bridgehead atoms. The highest BCUT2D eigenvalue weighted by atomic mass is 28.3. The summed E-state index contributed by atoms with van der Waals surface area (Å²) in [6, 6.07) is 10.7. The van der Waals surface area contributed by atoms with Crippen molar-refractivity contribution in [2.75, 3.05) is 0 Å². The van der Waals surface area contributed by atoms with Crippen LogP contribution in [0.5, 0.6) is 0 Å². The van der Waals surface area contributed by atoms with Crippen molar-refractivity contribution in [2.45, 2.75) is 77.0 Å². The first-order valence-electron chi connectivity index (χ1n) is 8.36. The number of hydrogen-bond donors (Lipinski definition) is 0. The fourth-order valence-electron chi connectivity index (χ4n) is 3.03. The van der Waals surface area contributed by atoms with Crippen LogP contribution in [-0.4, -0.2) is 9.04 Å². The summed E-state index contributed by atoms with van der Waals surface area (Å²) < 4.78 is 6.78. The molecule has 0 amide bonds. The Morgan fingerprint density at radius 2 is 1.59 bits per heavy atom. The van der Waals surface area contributed by atoms with Crippen LogP contribution in [0.3, 0.4) is 0 Å². The van der Waals surface area contributed by atoms with Gasteiger partial charge in [0.1, 0.15) is 0 Å². The molecular formula is C20H33OSi. The summed E-state index contributed by atoms with van der Waals surface area (Å²) in [5, 5.41) is 0.433. The van der Waals surface area contributed by atoms with E-state index in [1.165, 1.54) is 5.56 Å². The van der Waals surface area contributed by atoms with E-state index >= 15 is 0 Å². The predicted molar refractivity (Wildman–Crippen MR) is 99.5 cm³/mol. The summed E-state index contributed by atoms with van der Waals surface area (Å²) in [6.07, 6.45) is 5.46. The molecule has 1 rings (SSSR count). The number of hydrogen-bond acceptors (Lipinski definition) is 1. The zero-order chi connectivity index (χ0) is 16.8. The maximum absolute atomic E-state index is 6.78. The van der Waals surface area contributed by atoms with Crippen molar-refractivity contribution >= 4 is 9.04 Å². The normalized spacial score (nSPS) is 14.1. The molecule has 1 nitrogen and oxygen atoms in total. The topological polar surface area (TPSA) is 9.23 Å². The molecule has 0 aromatic heterocycles.